The van der Waals surface area contributed by atoms with Gasteiger partial charge in [0.25, 0.3) is 0 Å². The second-order valence-corrected chi connectivity index (χ2v) is 7.45. The molecule has 1 aromatic rings. The summed E-state index contributed by atoms with van der Waals surface area (Å²) in [5.41, 5.74) is 6.02. The van der Waals surface area contributed by atoms with Crippen molar-refractivity contribution in [2.24, 2.45) is 5.73 Å². The molecule has 0 bridgehead atoms. The zero-order chi connectivity index (χ0) is 15.5. The fourth-order valence-corrected chi connectivity index (χ4v) is 4.25. The van der Waals surface area contributed by atoms with E-state index in [2.05, 4.69) is 0 Å². The average molecular weight is 339 g/mol. The van der Waals surface area contributed by atoms with Gasteiger partial charge in [-0.3, -0.25) is 0 Å². The van der Waals surface area contributed by atoms with Gasteiger partial charge < -0.3 is 5.73 Å². The molecule has 0 amide bonds. The highest BCUT2D eigenvalue weighted by molar-refractivity contribution is 7.89. The fraction of sp³-hybridized carbons (Fsp3) is 0.538. The fourth-order valence-electron chi connectivity index (χ4n) is 1.95. The van der Waals surface area contributed by atoms with Crippen LogP contribution >= 0.6 is 23.2 Å². The zero-order valence-electron chi connectivity index (χ0n) is 11.9. The van der Waals surface area contributed by atoms with E-state index in [-0.39, 0.29) is 22.5 Å². The Morgan fingerprint density at radius 2 is 1.95 bits per heavy atom. The highest BCUT2D eigenvalue weighted by atomic mass is 35.5. The highest BCUT2D eigenvalue weighted by Crippen LogP contribution is 2.32. The molecule has 1 unspecified atom stereocenters. The molecular weight excluding hydrogens is 319 g/mol. The molecule has 0 heterocycles. The third-order valence-electron chi connectivity index (χ3n) is 3.34. The summed E-state index contributed by atoms with van der Waals surface area (Å²) in [7, 11) is -2.09. The Morgan fingerprint density at radius 1 is 1.35 bits per heavy atom. The summed E-state index contributed by atoms with van der Waals surface area (Å²) in [5, 5.41) is 0.483. The van der Waals surface area contributed by atoms with Crippen molar-refractivity contribution in [3.8, 4) is 0 Å². The molecule has 1 rings (SSSR count). The van der Waals surface area contributed by atoms with E-state index in [0.29, 0.717) is 10.6 Å². The minimum absolute atomic E-state index is 0.0504. The minimum Gasteiger partial charge on any atom is -0.326 e. The third-order valence-corrected chi connectivity index (χ3v) is 6.25. The SMILES string of the molecule is CCCC(C)N(C)S(=O)(=O)c1ccc(Cl)c(CN)c1Cl. The molecule has 0 aliphatic rings. The Balaban J connectivity index is 3.29. The summed E-state index contributed by atoms with van der Waals surface area (Å²) in [6.45, 7) is 3.97. The summed E-state index contributed by atoms with van der Waals surface area (Å²) in [6.07, 6.45) is 1.69. The van der Waals surface area contributed by atoms with E-state index < -0.39 is 10.0 Å². The van der Waals surface area contributed by atoms with E-state index >= 15 is 0 Å². The number of rotatable bonds is 6. The lowest BCUT2D eigenvalue weighted by Crippen LogP contribution is -2.35. The second kappa shape index (κ2) is 7.09. The van der Waals surface area contributed by atoms with Gasteiger partial charge in [0, 0.05) is 30.2 Å². The number of nitrogens with two attached hydrogens (primary N) is 1. The summed E-state index contributed by atoms with van der Waals surface area (Å²) in [5.74, 6) is 0. The van der Waals surface area contributed by atoms with Crippen LogP contribution in [-0.4, -0.2) is 25.8 Å². The lowest BCUT2D eigenvalue weighted by molar-refractivity contribution is 0.369. The summed E-state index contributed by atoms with van der Waals surface area (Å²) in [4.78, 5) is 0.0504. The molecule has 0 aliphatic carbocycles. The van der Waals surface area contributed by atoms with Gasteiger partial charge in [-0.2, -0.15) is 4.31 Å². The molecule has 0 radical (unpaired) electrons. The van der Waals surface area contributed by atoms with Crippen LogP contribution in [0.15, 0.2) is 17.0 Å². The Hall–Kier alpha value is -0.330. The van der Waals surface area contributed by atoms with Gasteiger partial charge in [-0.05, 0) is 25.5 Å². The number of hydrogen-bond donors (Lipinski definition) is 1. The molecule has 0 aromatic heterocycles. The molecule has 0 spiro atoms. The Labute approximate surface area is 130 Å². The maximum Gasteiger partial charge on any atom is 0.244 e. The van der Waals surface area contributed by atoms with Crippen LogP contribution in [0.4, 0.5) is 0 Å². The van der Waals surface area contributed by atoms with E-state index in [4.69, 9.17) is 28.9 Å². The van der Waals surface area contributed by atoms with Crippen LogP contribution in [-0.2, 0) is 16.6 Å². The van der Waals surface area contributed by atoms with Crippen LogP contribution in [0.25, 0.3) is 0 Å². The number of nitrogens with zero attached hydrogens (tertiary/aromatic N) is 1. The molecule has 1 aromatic carbocycles. The Kier molecular flexibility index (Phi) is 6.28. The highest BCUT2D eigenvalue weighted by Gasteiger charge is 2.28. The van der Waals surface area contributed by atoms with Crippen molar-refractivity contribution in [2.45, 2.75) is 44.2 Å². The monoisotopic (exact) mass is 338 g/mol. The molecule has 7 heteroatoms. The quantitative estimate of drug-likeness (QED) is 0.865. The van der Waals surface area contributed by atoms with Crippen molar-refractivity contribution in [3.63, 3.8) is 0 Å². The van der Waals surface area contributed by atoms with Crippen LogP contribution in [0.3, 0.4) is 0 Å². The molecule has 4 nitrogen and oxygen atoms in total. The van der Waals surface area contributed by atoms with Gasteiger partial charge in [0.1, 0.15) is 4.90 Å². The number of benzene rings is 1. The number of hydrogen-bond acceptors (Lipinski definition) is 3. The van der Waals surface area contributed by atoms with Crippen LogP contribution in [0.2, 0.25) is 10.0 Å². The zero-order valence-corrected chi connectivity index (χ0v) is 14.2. The molecule has 0 fully saturated rings. The summed E-state index contributed by atoms with van der Waals surface area (Å²) < 4.78 is 26.6. The largest absolute Gasteiger partial charge is 0.326 e. The topological polar surface area (TPSA) is 63.4 Å². The molecule has 2 N–H and O–H groups in total. The Morgan fingerprint density at radius 3 is 2.45 bits per heavy atom. The molecule has 0 aliphatic heterocycles. The van der Waals surface area contributed by atoms with E-state index in [1.807, 2.05) is 13.8 Å². The average Bonchev–Trinajstić information content (AvgIpc) is 2.38. The van der Waals surface area contributed by atoms with Gasteiger partial charge in [-0.25, -0.2) is 8.42 Å². The van der Waals surface area contributed by atoms with Crippen molar-refractivity contribution in [3.05, 3.63) is 27.7 Å². The predicted octanol–water partition coefficient (Wildman–Crippen LogP) is 3.26. The van der Waals surface area contributed by atoms with Crippen molar-refractivity contribution in [1.82, 2.24) is 4.31 Å². The first-order valence-corrected chi connectivity index (χ1v) is 8.61. The minimum atomic E-state index is -3.65. The van der Waals surface area contributed by atoms with Crippen molar-refractivity contribution in [1.29, 1.82) is 0 Å². The van der Waals surface area contributed by atoms with E-state index in [1.165, 1.54) is 16.4 Å². The first kappa shape index (κ1) is 17.7. The van der Waals surface area contributed by atoms with Crippen molar-refractivity contribution in [2.75, 3.05) is 7.05 Å². The first-order valence-electron chi connectivity index (χ1n) is 6.42. The number of halogens is 2. The first-order chi connectivity index (χ1) is 9.27. The normalized spacial score (nSPS) is 13.8. The van der Waals surface area contributed by atoms with Crippen LogP contribution < -0.4 is 5.73 Å². The molecule has 1 atom stereocenters. The lowest BCUT2D eigenvalue weighted by atomic mass is 10.2. The van der Waals surface area contributed by atoms with Gasteiger partial charge in [-0.15, -0.1) is 0 Å². The van der Waals surface area contributed by atoms with E-state index in [1.54, 1.807) is 7.05 Å². The van der Waals surface area contributed by atoms with Gasteiger partial charge >= 0.3 is 0 Å². The lowest BCUT2D eigenvalue weighted by Gasteiger charge is -2.25. The van der Waals surface area contributed by atoms with Crippen LogP contribution in [0, 0.1) is 0 Å². The van der Waals surface area contributed by atoms with Crippen LogP contribution in [0.1, 0.15) is 32.3 Å². The van der Waals surface area contributed by atoms with Crippen molar-refractivity contribution >= 4 is 33.2 Å². The van der Waals surface area contributed by atoms with Gasteiger partial charge in [0.15, 0.2) is 0 Å². The third kappa shape index (κ3) is 3.46. The Bertz CT molecular complexity index is 576. The molecule has 114 valence electrons. The van der Waals surface area contributed by atoms with Gasteiger partial charge in [0.2, 0.25) is 10.0 Å². The second-order valence-electron chi connectivity index (χ2n) is 4.70. The summed E-state index contributed by atoms with van der Waals surface area (Å²) >= 11 is 12.1. The molecule has 0 saturated carbocycles. The summed E-state index contributed by atoms with van der Waals surface area (Å²) in [6, 6.07) is 2.84. The van der Waals surface area contributed by atoms with Crippen molar-refractivity contribution < 1.29 is 8.42 Å². The maximum absolute atomic E-state index is 12.6. The van der Waals surface area contributed by atoms with Gasteiger partial charge in [0.05, 0.1) is 5.02 Å². The molecular formula is C13H20Cl2N2O2S. The smallest absolute Gasteiger partial charge is 0.244 e. The number of sulfonamides is 1. The van der Waals surface area contributed by atoms with E-state index in [0.717, 1.165) is 12.8 Å². The standard InChI is InChI=1S/C13H20Cl2N2O2S/c1-4-5-9(2)17(3)20(18,19)12-7-6-11(14)10(8-16)13(12)15/h6-7,9H,4-5,8,16H2,1-3H3. The molecule has 20 heavy (non-hydrogen) atoms. The maximum atomic E-state index is 12.6. The van der Waals surface area contributed by atoms with Crippen LogP contribution in [0.5, 0.6) is 0 Å². The van der Waals surface area contributed by atoms with Gasteiger partial charge in [-0.1, -0.05) is 36.5 Å². The predicted molar refractivity (Wildman–Crippen MR) is 83.7 cm³/mol. The molecule has 0 saturated heterocycles. The van der Waals surface area contributed by atoms with E-state index in [9.17, 15) is 8.42 Å².